The number of methoxy groups -OCH3 is 1. The van der Waals surface area contributed by atoms with Crippen LogP contribution in [0.2, 0.25) is 0 Å². The minimum Gasteiger partial charge on any atom is -0.497 e. The second-order valence-corrected chi connectivity index (χ2v) is 11.7. The number of hydrogen-bond acceptors (Lipinski definition) is 6. The van der Waals surface area contributed by atoms with E-state index >= 15 is 0 Å². The van der Waals surface area contributed by atoms with Crippen LogP contribution in [0.4, 0.5) is 4.79 Å². The number of nitrogens with one attached hydrogen (secondary N) is 1. The number of carbonyl (C=O) groups excluding carboxylic acids is 2. The fourth-order valence-electron chi connectivity index (χ4n) is 5.53. The van der Waals surface area contributed by atoms with Crippen LogP contribution in [0.1, 0.15) is 55.9 Å². The standard InChI is InChI=1S/C36H38N2O5/c1-6-24-20-25(41-5)16-17-26(24)32-18-15-23(21-37-32)19-33(34(39)43-36(2,3)4)38-35(40)42-22-31-29-13-9-7-11-27(29)28-12-8-10-14-30(28)31/h7-18,20-21,31,33H,6,19,22H2,1-5H3,(H,38,40)/t33-/m0/s1. The Bertz CT molecular complexity index is 1560. The third kappa shape index (κ3) is 6.88. The monoisotopic (exact) mass is 578 g/mol. The summed E-state index contributed by atoms with van der Waals surface area (Å²) in [6, 6.07) is 25.1. The largest absolute Gasteiger partial charge is 0.497 e. The summed E-state index contributed by atoms with van der Waals surface area (Å²) in [5.41, 5.74) is 7.57. The average molecular weight is 579 g/mol. The summed E-state index contributed by atoms with van der Waals surface area (Å²) in [5.74, 6) is 0.186. The number of ether oxygens (including phenoxy) is 3. The molecule has 0 unspecified atom stereocenters. The molecule has 0 fully saturated rings. The summed E-state index contributed by atoms with van der Waals surface area (Å²) in [6.07, 6.45) is 2.10. The fourth-order valence-corrected chi connectivity index (χ4v) is 5.53. The van der Waals surface area contributed by atoms with Crippen molar-refractivity contribution in [3.8, 4) is 28.1 Å². The first kappa shape index (κ1) is 29.8. The van der Waals surface area contributed by atoms with Crippen LogP contribution >= 0.6 is 0 Å². The van der Waals surface area contributed by atoms with E-state index in [0.717, 1.165) is 56.8 Å². The third-order valence-corrected chi connectivity index (χ3v) is 7.56. The van der Waals surface area contributed by atoms with Gasteiger partial charge in [0.2, 0.25) is 0 Å². The molecule has 5 rings (SSSR count). The van der Waals surface area contributed by atoms with E-state index in [2.05, 4.69) is 41.5 Å². The Hall–Kier alpha value is -4.65. The molecule has 0 saturated carbocycles. The maximum atomic E-state index is 13.2. The number of rotatable bonds is 9. The molecule has 1 aromatic heterocycles. The van der Waals surface area contributed by atoms with Crippen LogP contribution in [0.5, 0.6) is 5.75 Å². The predicted molar refractivity (Wildman–Crippen MR) is 167 cm³/mol. The molecule has 1 amide bonds. The number of aryl methyl sites for hydroxylation is 1. The van der Waals surface area contributed by atoms with Gasteiger partial charge in [0.05, 0.1) is 12.8 Å². The minimum absolute atomic E-state index is 0.0826. The molecule has 1 atom stereocenters. The van der Waals surface area contributed by atoms with Crippen LogP contribution in [0.3, 0.4) is 0 Å². The summed E-state index contributed by atoms with van der Waals surface area (Å²) in [5, 5.41) is 2.76. The molecule has 7 nitrogen and oxygen atoms in total. The highest BCUT2D eigenvalue weighted by Crippen LogP contribution is 2.44. The highest BCUT2D eigenvalue weighted by molar-refractivity contribution is 5.82. The lowest BCUT2D eigenvalue weighted by Crippen LogP contribution is -2.46. The Kier molecular flexibility index (Phi) is 8.81. The van der Waals surface area contributed by atoms with Crippen LogP contribution in [0.25, 0.3) is 22.4 Å². The van der Waals surface area contributed by atoms with E-state index < -0.39 is 23.7 Å². The molecular formula is C36H38N2O5. The zero-order valence-electron chi connectivity index (χ0n) is 25.3. The van der Waals surface area contributed by atoms with Crippen molar-refractivity contribution in [3.63, 3.8) is 0 Å². The molecule has 0 aliphatic heterocycles. The number of hydrogen-bond donors (Lipinski definition) is 1. The quantitative estimate of drug-likeness (QED) is 0.213. The lowest BCUT2D eigenvalue weighted by Gasteiger charge is -2.25. The number of amides is 1. The average Bonchev–Trinajstić information content (AvgIpc) is 3.32. The third-order valence-electron chi connectivity index (χ3n) is 7.56. The van der Waals surface area contributed by atoms with Gasteiger partial charge in [0.15, 0.2) is 0 Å². The van der Waals surface area contributed by atoms with Gasteiger partial charge < -0.3 is 19.5 Å². The molecule has 3 aromatic carbocycles. The minimum atomic E-state index is -0.949. The first-order valence-corrected chi connectivity index (χ1v) is 14.6. The van der Waals surface area contributed by atoms with Gasteiger partial charge in [0.1, 0.15) is 24.0 Å². The van der Waals surface area contributed by atoms with Crippen molar-refractivity contribution in [2.45, 2.75) is 58.1 Å². The molecule has 4 aromatic rings. The first-order chi connectivity index (χ1) is 20.7. The maximum absolute atomic E-state index is 13.2. The normalized spacial score (nSPS) is 13.0. The molecule has 1 heterocycles. The van der Waals surface area contributed by atoms with Crippen LogP contribution in [-0.4, -0.2) is 42.4 Å². The van der Waals surface area contributed by atoms with Crippen molar-refractivity contribution in [1.29, 1.82) is 0 Å². The highest BCUT2D eigenvalue weighted by atomic mass is 16.6. The SMILES string of the molecule is CCc1cc(OC)ccc1-c1ccc(C[C@H](NC(=O)OCC2c3ccccc3-c3ccccc32)C(=O)OC(C)(C)C)cn1. The lowest BCUT2D eigenvalue weighted by atomic mass is 9.98. The van der Waals surface area contributed by atoms with Gasteiger partial charge in [0, 0.05) is 24.1 Å². The summed E-state index contributed by atoms with van der Waals surface area (Å²) >= 11 is 0. The number of esters is 1. The van der Waals surface area contributed by atoms with Crippen molar-refractivity contribution in [2.24, 2.45) is 0 Å². The number of aromatic nitrogens is 1. The molecule has 43 heavy (non-hydrogen) atoms. The second kappa shape index (κ2) is 12.7. The second-order valence-electron chi connectivity index (χ2n) is 11.7. The fraction of sp³-hybridized carbons (Fsp3) is 0.306. The van der Waals surface area contributed by atoms with Crippen molar-refractivity contribution in [1.82, 2.24) is 10.3 Å². The molecule has 7 heteroatoms. The van der Waals surface area contributed by atoms with Gasteiger partial charge in [-0.05, 0) is 84.8 Å². The molecule has 1 aliphatic carbocycles. The topological polar surface area (TPSA) is 86.8 Å². The number of fused-ring (bicyclic) bond motifs is 3. The van der Waals surface area contributed by atoms with E-state index in [9.17, 15) is 9.59 Å². The van der Waals surface area contributed by atoms with Crippen molar-refractivity contribution in [2.75, 3.05) is 13.7 Å². The van der Waals surface area contributed by atoms with Gasteiger partial charge in [-0.1, -0.05) is 61.5 Å². The number of alkyl carbamates (subject to hydrolysis) is 1. The number of pyridine rings is 1. The van der Waals surface area contributed by atoms with Gasteiger partial charge in [-0.3, -0.25) is 4.98 Å². The van der Waals surface area contributed by atoms with E-state index in [4.69, 9.17) is 14.2 Å². The Morgan fingerprint density at radius 1 is 0.907 bits per heavy atom. The van der Waals surface area contributed by atoms with Crippen molar-refractivity contribution in [3.05, 3.63) is 107 Å². The summed E-state index contributed by atoms with van der Waals surface area (Å²) < 4.78 is 16.7. The lowest BCUT2D eigenvalue weighted by molar-refractivity contribution is -0.157. The molecule has 0 saturated heterocycles. The number of nitrogens with zero attached hydrogens (tertiary/aromatic N) is 1. The van der Waals surface area contributed by atoms with Gasteiger partial charge in [0.25, 0.3) is 0 Å². The summed E-state index contributed by atoms with van der Waals surface area (Å²) in [4.78, 5) is 31.0. The van der Waals surface area contributed by atoms with E-state index in [0.29, 0.717) is 0 Å². The van der Waals surface area contributed by atoms with Crippen LogP contribution < -0.4 is 10.1 Å². The van der Waals surface area contributed by atoms with Gasteiger partial charge in [-0.2, -0.15) is 0 Å². The van der Waals surface area contributed by atoms with E-state index in [-0.39, 0.29) is 18.9 Å². The van der Waals surface area contributed by atoms with Gasteiger partial charge in [-0.15, -0.1) is 0 Å². The molecule has 222 valence electrons. The molecular weight excluding hydrogens is 540 g/mol. The van der Waals surface area contributed by atoms with Crippen molar-refractivity contribution >= 4 is 12.1 Å². The first-order valence-electron chi connectivity index (χ1n) is 14.6. The van der Waals surface area contributed by atoms with Crippen LogP contribution in [-0.2, 0) is 27.1 Å². The molecule has 0 spiro atoms. The van der Waals surface area contributed by atoms with Gasteiger partial charge in [-0.25, -0.2) is 9.59 Å². The predicted octanol–water partition coefficient (Wildman–Crippen LogP) is 7.11. The zero-order valence-corrected chi connectivity index (χ0v) is 25.3. The Labute approximate surface area is 253 Å². The summed E-state index contributed by atoms with van der Waals surface area (Å²) in [7, 11) is 1.65. The van der Waals surface area contributed by atoms with E-state index in [1.165, 1.54) is 0 Å². The van der Waals surface area contributed by atoms with Gasteiger partial charge >= 0.3 is 12.1 Å². The molecule has 0 radical (unpaired) electrons. The Morgan fingerprint density at radius 3 is 2.16 bits per heavy atom. The molecule has 0 bridgehead atoms. The summed E-state index contributed by atoms with van der Waals surface area (Å²) in [6.45, 7) is 7.63. The number of carbonyl (C=O) groups is 2. The highest BCUT2D eigenvalue weighted by Gasteiger charge is 2.31. The number of benzene rings is 3. The molecule has 1 N–H and O–H groups in total. The van der Waals surface area contributed by atoms with E-state index in [1.807, 2.05) is 54.6 Å². The zero-order chi connectivity index (χ0) is 30.6. The Morgan fingerprint density at radius 2 is 1.58 bits per heavy atom. The van der Waals surface area contributed by atoms with Crippen LogP contribution in [0, 0.1) is 0 Å². The van der Waals surface area contributed by atoms with Crippen LogP contribution in [0.15, 0.2) is 85.1 Å². The van der Waals surface area contributed by atoms with E-state index in [1.54, 1.807) is 34.1 Å². The Balaban J connectivity index is 1.30. The van der Waals surface area contributed by atoms with Crippen molar-refractivity contribution < 1.29 is 23.8 Å². The maximum Gasteiger partial charge on any atom is 0.407 e. The smallest absolute Gasteiger partial charge is 0.407 e. The molecule has 1 aliphatic rings.